The Morgan fingerprint density at radius 1 is 1.08 bits per heavy atom. The van der Waals surface area contributed by atoms with Crippen molar-refractivity contribution in [1.82, 2.24) is 0 Å². The summed E-state index contributed by atoms with van der Waals surface area (Å²) >= 11 is 0. The van der Waals surface area contributed by atoms with Crippen LogP contribution in [-0.2, 0) is 0 Å². The fourth-order valence-electron chi connectivity index (χ4n) is 2.57. The van der Waals surface area contributed by atoms with Crippen molar-refractivity contribution in [2.24, 2.45) is 11.8 Å². The highest BCUT2D eigenvalue weighted by Gasteiger charge is 2.34. The lowest BCUT2D eigenvalue weighted by molar-refractivity contribution is 0.734. The number of hydrogen-bond acceptors (Lipinski definition) is 0. The number of rotatable bonds is 2. The molecule has 2 aliphatic carbocycles. The molecule has 0 aromatic heterocycles. The molecule has 0 heterocycles. The predicted octanol–water partition coefficient (Wildman–Crippen LogP) is 3.87. The van der Waals surface area contributed by atoms with Gasteiger partial charge in [-0.25, -0.2) is 0 Å². The maximum absolute atomic E-state index is 2.41. The quantitative estimate of drug-likeness (QED) is 0.557. The molecular formula is C13H18. The Hall–Kier alpha value is -0.780. The largest absolute Gasteiger partial charge is 0.0807 e. The van der Waals surface area contributed by atoms with E-state index in [1.807, 2.05) is 0 Å². The molecule has 0 aromatic rings. The van der Waals surface area contributed by atoms with Crippen molar-refractivity contribution in [3.05, 3.63) is 35.5 Å². The van der Waals surface area contributed by atoms with Crippen LogP contribution in [0.15, 0.2) is 35.5 Å². The second-order valence-electron chi connectivity index (χ2n) is 3.97. The zero-order valence-corrected chi connectivity index (χ0v) is 8.59. The summed E-state index contributed by atoms with van der Waals surface area (Å²) in [5, 5.41) is 0. The van der Waals surface area contributed by atoms with E-state index in [1.54, 1.807) is 11.1 Å². The molecule has 0 amide bonds. The minimum atomic E-state index is 0.753. The van der Waals surface area contributed by atoms with Crippen molar-refractivity contribution < 1.29 is 0 Å². The first-order valence-electron chi connectivity index (χ1n) is 5.45. The lowest BCUT2D eigenvalue weighted by Gasteiger charge is -2.12. The maximum atomic E-state index is 2.41. The molecule has 0 spiro atoms. The van der Waals surface area contributed by atoms with Gasteiger partial charge in [0.05, 0.1) is 0 Å². The highest BCUT2D eigenvalue weighted by Crippen LogP contribution is 2.47. The van der Waals surface area contributed by atoms with E-state index in [1.165, 1.54) is 19.3 Å². The second kappa shape index (κ2) is 3.53. The first-order valence-corrected chi connectivity index (χ1v) is 5.45. The normalized spacial score (nSPS) is 36.8. The Morgan fingerprint density at radius 2 is 1.54 bits per heavy atom. The lowest BCUT2D eigenvalue weighted by atomic mass is 9.93. The summed E-state index contributed by atoms with van der Waals surface area (Å²) in [5.41, 5.74) is 3.24. The van der Waals surface area contributed by atoms with E-state index in [-0.39, 0.29) is 0 Å². The molecular weight excluding hydrogens is 156 g/mol. The fraction of sp³-hybridized carbons (Fsp3) is 0.538. The van der Waals surface area contributed by atoms with Gasteiger partial charge in [0.1, 0.15) is 0 Å². The Balaban J connectivity index is 2.31. The van der Waals surface area contributed by atoms with Gasteiger partial charge in [-0.2, -0.15) is 0 Å². The molecule has 0 aromatic carbocycles. The van der Waals surface area contributed by atoms with Gasteiger partial charge in [0, 0.05) is 11.8 Å². The van der Waals surface area contributed by atoms with Crippen LogP contribution in [-0.4, -0.2) is 0 Å². The third kappa shape index (κ3) is 1.39. The van der Waals surface area contributed by atoms with E-state index in [0.29, 0.717) is 0 Å². The zero-order valence-electron chi connectivity index (χ0n) is 8.59. The van der Waals surface area contributed by atoms with Gasteiger partial charge < -0.3 is 0 Å². The van der Waals surface area contributed by atoms with Crippen LogP contribution in [0.3, 0.4) is 0 Å². The summed E-state index contributed by atoms with van der Waals surface area (Å²) in [6.07, 6.45) is 13.3. The zero-order chi connectivity index (χ0) is 9.26. The van der Waals surface area contributed by atoms with E-state index in [0.717, 1.165) is 11.8 Å². The van der Waals surface area contributed by atoms with E-state index < -0.39 is 0 Å². The van der Waals surface area contributed by atoms with Gasteiger partial charge in [0.15, 0.2) is 0 Å². The smallest absolute Gasteiger partial charge is 0.00266 e. The summed E-state index contributed by atoms with van der Waals surface area (Å²) in [6.45, 7) is 4.46. The molecule has 2 aliphatic rings. The Labute approximate surface area is 81.0 Å². The molecule has 0 aliphatic heterocycles. The Kier molecular flexibility index (Phi) is 2.39. The van der Waals surface area contributed by atoms with E-state index >= 15 is 0 Å². The van der Waals surface area contributed by atoms with Crippen molar-refractivity contribution in [3.63, 3.8) is 0 Å². The van der Waals surface area contributed by atoms with Crippen molar-refractivity contribution in [2.75, 3.05) is 0 Å². The molecule has 0 radical (unpaired) electrons. The highest BCUT2D eigenvalue weighted by molar-refractivity contribution is 5.48. The van der Waals surface area contributed by atoms with Crippen LogP contribution in [0.4, 0.5) is 0 Å². The predicted molar refractivity (Wildman–Crippen MR) is 57.5 cm³/mol. The van der Waals surface area contributed by atoms with Crippen molar-refractivity contribution in [3.8, 4) is 0 Å². The Bertz CT molecular complexity index is 250. The van der Waals surface area contributed by atoms with Gasteiger partial charge in [-0.15, -0.1) is 0 Å². The number of hydrogen-bond donors (Lipinski definition) is 0. The second-order valence-corrected chi connectivity index (χ2v) is 3.97. The molecule has 0 heteroatoms. The van der Waals surface area contributed by atoms with Gasteiger partial charge in [-0.1, -0.05) is 38.2 Å². The third-order valence-electron chi connectivity index (χ3n) is 3.06. The van der Waals surface area contributed by atoms with Gasteiger partial charge >= 0.3 is 0 Å². The number of allylic oxidation sites excluding steroid dienone is 6. The minimum absolute atomic E-state index is 0.753. The summed E-state index contributed by atoms with van der Waals surface area (Å²) in [4.78, 5) is 0. The van der Waals surface area contributed by atoms with Crippen molar-refractivity contribution in [2.45, 2.75) is 33.1 Å². The fourth-order valence-corrected chi connectivity index (χ4v) is 2.57. The first kappa shape index (κ1) is 8.80. The van der Waals surface area contributed by atoms with Crippen LogP contribution < -0.4 is 0 Å². The molecule has 2 atom stereocenters. The molecule has 0 saturated heterocycles. The molecule has 2 bridgehead atoms. The van der Waals surface area contributed by atoms with Crippen molar-refractivity contribution >= 4 is 0 Å². The monoisotopic (exact) mass is 174 g/mol. The van der Waals surface area contributed by atoms with E-state index in [9.17, 15) is 0 Å². The molecule has 1 fully saturated rings. The topological polar surface area (TPSA) is 0 Å². The van der Waals surface area contributed by atoms with Crippen LogP contribution in [0.1, 0.15) is 33.1 Å². The minimum Gasteiger partial charge on any atom is -0.0807 e. The van der Waals surface area contributed by atoms with E-state index in [2.05, 4.69) is 38.2 Å². The van der Waals surface area contributed by atoms with Gasteiger partial charge in [0.2, 0.25) is 0 Å². The molecule has 0 N–H and O–H groups in total. The first-order chi connectivity index (χ1) is 6.36. The summed E-state index contributed by atoms with van der Waals surface area (Å²) in [5.74, 6) is 1.51. The SMILES string of the molecule is CCC=C1C(=CCC)C2C=CC1C2. The summed E-state index contributed by atoms with van der Waals surface area (Å²) in [7, 11) is 0. The van der Waals surface area contributed by atoms with Gasteiger partial charge in [-0.3, -0.25) is 0 Å². The maximum Gasteiger partial charge on any atom is 0.00266 e. The third-order valence-corrected chi connectivity index (χ3v) is 3.06. The number of fused-ring (bicyclic) bond motifs is 2. The Morgan fingerprint density at radius 3 is 1.92 bits per heavy atom. The highest BCUT2D eigenvalue weighted by atomic mass is 14.4. The molecule has 13 heavy (non-hydrogen) atoms. The van der Waals surface area contributed by atoms with E-state index in [4.69, 9.17) is 0 Å². The summed E-state index contributed by atoms with van der Waals surface area (Å²) in [6, 6.07) is 0. The van der Waals surface area contributed by atoms with Crippen LogP contribution in [0.5, 0.6) is 0 Å². The standard InChI is InChI=1S/C13H18/c1-3-5-12-10-7-8-11(9-10)13(12)6-4-2/h5-8,10-11H,3-4,9H2,1-2H3. The van der Waals surface area contributed by atoms with Gasteiger partial charge in [0.25, 0.3) is 0 Å². The molecule has 0 nitrogen and oxygen atoms in total. The summed E-state index contributed by atoms with van der Waals surface area (Å²) < 4.78 is 0. The molecule has 1 saturated carbocycles. The average molecular weight is 174 g/mol. The molecule has 70 valence electrons. The lowest BCUT2D eigenvalue weighted by Crippen LogP contribution is -1.97. The molecule has 2 unspecified atom stereocenters. The van der Waals surface area contributed by atoms with Crippen LogP contribution in [0.25, 0.3) is 0 Å². The van der Waals surface area contributed by atoms with Crippen molar-refractivity contribution in [1.29, 1.82) is 0 Å². The molecule has 2 rings (SSSR count). The average Bonchev–Trinajstić information content (AvgIpc) is 2.69. The van der Waals surface area contributed by atoms with Crippen LogP contribution in [0.2, 0.25) is 0 Å². The van der Waals surface area contributed by atoms with Crippen LogP contribution in [0, 0.1) is 11.8 Å². The van der Waals surface area contributed by atoms with Gasteiger partial charge in [-0.05, 0) is 30.4 Å². The van der Waals surface area contributed by atoms with Crippen LogP contribution >= 0.6 is 0 Å².